The zero-order chi connectivity index (χ0) is 16.8. The second-order valence-electron chi connectivity index (χ2n) is 5.23. The number of ether oxygens (including phenoxy) is 3. The van der Waals surface area contributed by atoms with Gasteiger partial charge in [0, 0.05) is 12.6 Å². The quantitative estimate of drug-likeness (QED) is 0.821. The van der Waals surface area contributed by atoms with E-state index in [9.17, 15) is 5.11 Å². The molecule has 2 rings (SSSR count). The molecule has 2 N–H and O–H groups in total. The number of rotatable bonds is 7. The lowest BCUT2D eigenvalue weighted by Crippen LogP contribution is -2.18. The Bertz CT molecular complexity index is 632. The molecule has 0 spiro atoms. The van der Waals surface area contributed by atoms with Crippen molar-refractivity contribution in [2.24, 2.45) is 0 Å². The summed E-state index contributed by atoms with van der Waals surface area (Å²) in [7, 11) is 4.79. The van der Waals surface area contributed by atoms with Crippen molar-refractivity contribution in [3.8, 4) is 23.0 Å². The van der Waals surface area contributed by atoms with Gasteiger partial charge in [-0.05, 0) is 42.3 Å². The molecule has 1 atom stereocenters. The van der Waals surface area contributed by atoms with Crippen LogP contribution in [0, 0.1) is 0 Å². The number of hydrogen-bond acceptors (Lipinski definition) is 5. The van der Waals surface area contributed by atoms with Crippen LogP contribution >= 0.6 is 0 Å². The second-order valence-corrected chi connectivity index (χ2v) is 5.23. The van der Waals surface area contributed by atoms with E-state index >= 15 is 0 Å². The van der Waals surface area contributed by atoms with Crippen molar-refractivity contribution >= 4 is 0 Å². The fourth-order valence-electron chi connectivity index (χ4n) is 2.41. The van der Waals surface area contributed by atoms with Crippen LogP contribution in [0.3, 0.4) is 0 Å². The van der Waals surface area contributed by atoms with E-state index in [-0.39, 0.29) is 11.8 Å². The molecule has 2 aromatic rings. The van der Waals surface area contributed by atoms with Gasteiger partial charge in [-0.25, -0.2) is 0 Å². The molecular weight excluding hydrogens is 294 g/mol. The molecule has 0 saturated heterocycles. The third-order valence-corrected chi connectivity index (χ3v) is 3.71. The van der Waals surface area contributed by atoms with E-state index in [1.165, 1.54) is 0 Å². The number of methoxy groups -OCH3 is 3. The lowest BCUT2D eigenvalue weighted by atomic mass is 10.1. The molecule has 0 unspecified atom stereocenters. The largest absolute Gasteiger partial charge is 0.508 e. The van der Waals surface area contributed by atoms with E-state index in [2.05, 4.69) is 12.2 Å². The molecule has 0 aliphatic carbocycles. The van der Waals surface area contributed by atoms with Crippen molar-refractivity contribution in [3.63, 3.8) is 0 Å². The third-order valence-electron chi connectivity index (χ3n) is 3.71. The first-order valence-corrected chi connectivity index (χ1v) is 7.40. The maximum atomic E-state index is 9.51. The van der Waals surface area contributed by atoms with Gasteiger partial charge in [-0.1, -0.05) is 12.1 Å². The van der Waals surface area contributed by atoms with Crippen LogP contribution in [0.25, 0.3) is 0 Å². The molecule has 0 bridgehead atoms. The zero-order valence-corrected chi connectivity index (χ0v) is 13.9. The highest BCUT2D eigenvalue weighted by Crippen LogP contribution is 2.39. The first kappa shape index (κ1) is 17.0. The van der Waals surface area contributed by atoms with Crippen LogP contribution in [0.2, 0.25) is 0 Å². The monoisotopic (exact) mass is 317 g/mol. The molecule has 5 nitrogen and oxygen atoms in total. The molecule has 0 aliphatic rings. The minimum atomic E-state index is 0.0751. The summed E-state index contributed by atoms with van der Waals surface area (Å²) in [5.41, 5.74) is 2.05. The summed E-state index contributed by atoms with van der Waals surface area (Å²) in [6, 6.07) is 11.1. The smallest absolute Gasteiger partial charge is 0.203 e. The summed E-state index contributed by atoms with van der Waals surface area (Å²) >= 11 is 0. The Morgan fingerprint density at radius 1 is 1.00 bits per heavy atom. The maximum absolute atomic E-state index is 9.51. The minimum Gasteiger partial charge on any atom is -0.508 e. The molecule has 124 valence electrons. The van der Waals surface area contributed by atoms with Crippen molar-refractivity contribution in [3.05, 3.63) is 47.5 Å². The number of phenols is 1. The Kier molecular flexibility index (Phi) is 5.71. The summed E-state index contributed by atoms with van der Waals surface area (Å²) < 4.78 is 16.1. The fraction of sp³-hybridized carbons (Fsp3) is 0.333. The van der Waals surface area contributed by atoms with Gasteiger partial charge in [0.1, 0.15) is 5.75 Å². The summed E-state index contributed by atoms with van der Waals surface area (Å²) in [5, 5.41) is 12.9. The lowest BCUT2D eigenvalue weighted by Gasteiger charge is -2.19. The molecule has 0 saturated carbocycles. The van der Waals surface area contributed by atoms with Crippen LogP contribution in [0.4, 0.5) is 0 Å². The van der Waals surface area contributed by atoms with E-state index in [1.807, 2.05) is 24.3 Å². The van der Waals surface area contributed by atoms with E-state index in [0.29, 0.717) is 23.8 Å². The predicted octanol–water partition coefficient (Wildman–Crippen LogP) is 3.27. The van der Waals surface area contributed by atoms with Gasteiger partial charge in [-0.15, -0.1) is 0 Å². The molecule has 2 aromatic carbocycles. The van der Waals surface area contributed by atoms with Gasteiger partial charge in [0.05, 0.1) is 21.3 Å². The Balaban J connectivity index is 2.16. The highest BCUT2D eigenvalue weighted by molar-refractivity contribution is 5.54. The predicted molar refractivity (Wildman–Crippen MR) is 89.5 cm³/mol. The highest BCUT2D eigenvalue weighted by Gasteiger charge is 2.16. The number of phenolic OH excluding ortho intramolecular Hbond substituents is 1. The normalized spacial score (nSPS) is 11.8. The first-order chi connectivity index (χ1) is 11.1. The third kappa shape index (κ3) is 4.07. The van der Waals surface area contributed by atoms with Gasteiger partial charge in [0.25, 0.3) is 0 Å². The highest BCUT2D eigenvalue weighted by atomic mass is 16.5. The van der Waals surface area contributed by atoms with Gasteiger partial charge in [0.15, 0.2) is 11.5 Å². The van der Waals surface area contributed by atoms with Gasteiger partial charge in [0.2, 0.25) is 5.75 Å². The number of benzene rings is 2. The standard InChI is InChI=1S/C18H23NO4/c1-12(19-11-13-6-5-7-15(20)8-13)14-9-16(21-2)18(23-4)17(10-14)22-3/h5-10,12,19-20H,11H2,1-4H3/t12-/m0/s1. The van der Waals surface area contributed by atoms with Crippen molar-refractivity contribution in [1.82, 2.24) is 5.32 Å². The lowest BCUT2D eigenvalue weighted by molar-refractivity contribution is 0.323. The summed E-state index contributed by atoms with van der Waals surface area (Å²) in [5.74, 6) is 2.12. The molecule has 5 heteroatoms. The van der Waals surface area contributed by atoms with Crippen molar-refractivity contribution < 1.29 is 19.3 Å². The number of nitrogens with one attached hydrogen (secondary N) is 1. The summed E-state index contributed by atoms with van der Waals surface area (Å²) in [6.45, 7) is 2.70. The molecule has 0 aliphatic heterocycles. The molecular formula is C18H23NO4. The van der Waals surface area contributed by atoms with Crippen LogP contribution in [-0.2, 0) is 6.54 Å². The first-order valence-electron chi connectivity index (χ1n) is 7.40. The molecule has 0 radical (unpaired) electrons. The van der Waals surface area contributed by atoms with Crippen LogP contribution < -0.4 is 19.5 Å². The summed E-state index contributed by atoms with van der Waals surface area (Å²) in [6.07, 6.45) is 0. The van der Waals surface area contributed by atoms with Crippen LogP contribution in [-0.4, -0.2) is 26.4 Å². The van der Waals surface area contributed by atoms with Crippen molar-refractivity contribution in [2.75, 3.05) is 21.3 Å². The zero-order valence-electron chi connectivity index (χ0n) is 13.9. The molecule has 0 heterocycles. The molecule has 0 aromatic heterocycles. The van der Waals surface area contributed by atoms with Crippen LogP contribution in [0.15, 0.2) is 36.4 Å². The Morgan fingerprint density at radius 3 is 2.17 bits per heavy atom. The molecule has 0 fully saturated rings. The Labute approximate surface area is 136 Å². The number of aromatic hydroxyl groups is 1. The molecule has 0 amide bonds. The second kappa shape index (κ2) is 7.74. The Morgan fingerprint density at radius 2 is 1.65 bits per heavy atom. The van der Waals surface area contributed by atoms with Gasteiger partial charge >= 0.3 is 0 Å². The minimum absolute atomic E-state index is 0.0751. The van der Waals surface area contributed by atoms with Crippen LogP contribution in [0.5, 0.6) is 23.0 Å². The van der Waals surface area contributed by atoms with Crippen LogP contribution in [0.1, 0.15) is 24.1 Å². The van der Waals surface area contributed by atoms with Gasteiger partial charge in [-0.3, -0.25) is 0 Å². The molecule has 23 heavy (non-hydrogen) atoms. The van der Waals surface area contributed by atoms with E-state index in [0.717, 1.165) is 11.1 Å². The van der Waals surface area contributed by atoms with E-state index in [4.69, 9.17) is 14.2 Å². The van der Waals surface area contributed by atoms with Crippen molar-refractivity contribution in [2.45, 2.75) is 19.5 Å². The van der Waals surface area contributed by atoms with E-state index < -0.39 is 0 Å². The topological polar surface area (TPSA) is 60.0 Å². The van der Waals surface area contributed by atoms with Gasteiger partial charge < -0.3 is 24.6 Å². The van der Waals surface area contributed by atoms with Gasteiger partial charge in [-0.2, -0.15) is 0 Å². The average molecular weight is 317 g/mol. The van der Waals surface area contributed by atoms with E-state index in [1.54, 1.807) is 33.5 Å². The fourth-order valence-corrected chi connectivity index (χ4v) is 2.41. The number of hydrogen-bond donors (Lipinski definition) is 2. The SMILES string of the molecule is COc1cc([C@H](C)NCc2cccc(O)c2)cc(OC)c1OC. The average Bonchev–Trinajstić information content (AvgIpc) is 2.58. The summed E-state index contributed by atoms with van der Waals surface area (Å²) in [4.78, 5) is 0. The van der Waals surface area contributed by atoms with Crippen molar-refractivity contribution in [1.29, 1.82) is 0 Å². The maximum Gasteiger partial charge on any atom is 0.203 e. The Hall–Kier alpha value is -2.40.